The molecule has 1 aliphatic rings. The average Bonchev–Trinajstić information content (AvgIpc) is 2.67. The quantitative estimate of drug-likeness (QED) is 0.618. The third-order valence-electron chi connectivity index (χ3n) is 4.28. The molecule has 1 heterocycles. The van der Waals surface area contributed by atoms with Crippen LogP contribution in [0.25, 0.3) is 0 Å². The molecular weight excluding hydrogens is 338 g/mol. The molecule has 0 unspecified atom stereocenters. The first kappa shape index (κ1) is 19.6. The summed E-state index contributed by atoms with van der Waals surface area (Å²) in [5, 5.41) is 0. The van der Waals surface area contributed by atoms with Gasteiger partial charge < -0.3 is 24.2 Å². The molecule has 0 N–H and O–H groups in total. The van der Waals surface area contributed by atoms with E-state index in [1.807, 2.05) is 0 Å². The van der Waals surface area contributed by atoms with Crippen LogP contribution in [0.4, 0.5) is 0 Å². The summed E-state index contributed by atoms with van der Waals surface area (Å²) in [7, 11) is 1.59. The normalized spacial score (nSPS) is 13.9. The zero-order valence-corrected chi connectivity index (χ0v) is 15.2. The number of nitrogens with zero attached hydrogens (tertiary/aromatic N) is 3. The fourth-order valence-corrected chi connectivity index (χ4v) is 2.63. The maximum Gasteiger partial charge on any atom is 0.242 e. The molecule has 142 valence electrons. The van der Waals surface area contributed by atoms with Crippen LogP contribution in [0.2, 0.25) is 0 Å². The number of carbonyl (C=O) groups is 3. The van der Waals surface area contributed by atoms with E-state index in [-0.39, 0.29) is 25.0 Å². The van der Waals surface area contributed by atoms with Gasteiger partial charge in [-0.05, 0) is 24.3 Å². The van der Waals surface area contributed by atoms with Crippen molar-refractivity contribution in [1.82, 2.24) is 14.7 Å². The summed E-state index contributed by atoms with van der Waals surface area (Å²) in [6, 6.07) is 7.16. The lowest BCUT2D eigenvalue weighted by Crippen LogP contribution is -2.51. The van der Waals surface area contributed by atoms with Crippen molar-refractivity contribution in [3.63, 3.8) is 0 Å². The number of methoxy groups -OCH3 is 1. The minimum Gasteiger partial charge on any atom is -0.497 e. The maximum atomic E-state index is 12.4. The van der Waals surface area contributed by atoms with Crippen molar-refractivity contribution in [2.24, 2.45) is 0 Å². The van der Waals surface area contributed by atoms with Crippen molar-refractivity contribution in [3.05, 3.63) is 24.3 Å². The highest BCUT2D eigenvalue weighted by Crippen LogP contribution is 2.16. The predicted octanol–water partition coefficient (Wildman–Crippen LogP) is 0.223. The van der Waals surface area contributed by atoms with E-state index in [2.05, 4.69) is 0 Å². The molecule has 1 aromatic rings. The second-order valence-corrected chi connectivity index (χ2v) is 5.99. The Hall–Kier alpha value is -2.77. The van der Waals surface area contributed by atoms with E-state index in [0.29, 0.717) is 38.5 Å². The summed E-state index contributed by atoms with van der Waals surface area (Å²) in [5.41, 5.74) is 0. The van der Waals surface area contributed by atoms with Crippen LogP contribution in [-0.4, -0.2) is 85.9 Å². The van der Waals surface area contributed by atoms with Gasteiger partial charge in [0.25, 0.3) is 0 Å². The summed E-state index contributed by atoms with van der Waals surface area (Å²) in [4.78, 5) is 39.7. The van der Waals surface area contributed by atoms with Gasteiger partial charge in [-0.15, -0.1) is 0 Å². The van der Waals surface area contributed by atoms with Gasteiger partial charge in [-0.3, -0.25) is 14.4 Å². The zero-order chi connectivity index (χ0) is 18.9. The minimum atomic E-state index is -0.178. The zero-order valence-electron chi connectivity index (χ0n) is 15.2. The van der Waals surface area contributed by atoms with E-state index in [0.717, 1.165) is 12.2 Å². The van der Waals surface area contributed by atoms with Crippen molar-refractivity contribution in [1.29, 1.82) is 0 Å². The Labute approximate surface area is 153 Å². The van der Waals surface area contributed by atoms with Crippen molar-refractivity contribution >= 4 is 18.2 Å². The second kappa shape index (κ2) is 9.65. The SMILES string of the molecule is COc1ccc(OCCN(CC(=O)N2CCN(C=O)CC2)C(C)=O)cc1. The smallest absolute Gasteiger partial charge is 0.242 e. The summed E-state index contributed by atoms with van der Waals surface area (Å²) >= 11 is 0. The average molecular weight is 363 g/mol. The molecule has 0 radical (unpaired) electrons. The van der Waals surface area contributed by atoms with Gasteiger partial charge in [0.2, 0.25) is 18.2 Å². The molecule has 2 rings (SSSR count). The molecule has 8 nitrogen and oxygen atoms in total. The van der Waals surface area contributed by atoms with Crippen molar-refractivity contribution in [2.75, 3.05) is 53.0 Å². The first-order chi connectivity index (χ1) is 12.5. The number of piperazine rings is 1. The highest BCUT2D eigenvalue weighted by atomic mass is 16.5. The van der Waals surface area contributed by atoms with Gasteiger partial charge in [-0.25, -0.2) is 0 Å². The van der Waals surface area contributed by atoms with E-state index in [9.17, 15) is 14.4 Å². The van der Waals surface area contributed by atoms with Gasteiger partial charge in [0, 0.05) is 33.1 Å². The molecule has 0 spiro atoms. The van der Waals surface area contributed by atoms with E-state index in [1.165, 1.54) is 11.8 Å². The van der Waals surface area contributed by atoms with Crippen LogP contribution in [0.15, 0.2) is 24.3 Å². The number of rotatable bonds is 8. The molecule has 0 bridgehead atoms. The molecule has 1 aliphatic heterocycles. The Morgan fingerprint density at radius 2 is 1.73 bits per heavy atom. The summed E-state index contributed by atoms with van der Waals surface area (Å²) in [6.45, 7) is 4.09. The van der Waals surface area contributed by atoms with Crippen molar-refractivity contribution in [2.45, 2.75) is 6.92 Å². The van der Waals surface area contributed by atoms with E-state index in [1.54, 1.807) is 41.2 Å². The Morgan fingerprint density at radius 3 is 2.27 bits per heavy atom. The molecule has 0 aliphatic carbocycles. The molecule has 0 saturated carbocycles. The van der Waals surface area contributed by atoms with E-state index in [4.69, 9.17) is 9.47 Å². The number of hydrogen-bond donors (Lipinski definition) is 0. The van der Waals surface area contributed by atoms with E-state index < -0.39 is 0 Å². The van der Waals surface area contributed by atoms with Crippen LogP contribution in [0, 0.1) is 0 Å². The highest BCUT2D eigenvalue weighted by Gasteiger charge is 2.23. The fourth-order valence-electron chi connectivity index (χ4n) is 2.63. The first-order valence-electron chi connectivity index (χ1n) is 8.53. The van der Waals surface area contributed by atoms with Crippen LogP contribution in [-0.2, 0) is 14.4 Å². The van der Waals surface area contributed by atoms with Gasteiger partial charge >= 0.3 is 0 Å². The molecule has 3 amide bonds. The Bertz CT molecular complexity index is 612. The van der Waals surface area contributed by atoms with Gasteiger partial charge in [0.1, 0.15) is 18.1 Å². The first-order valence-corrected chi connectivity index (χ1v) is 8.53. The molecule has 8 heteroatoms. The number of hydrogen-bond acceptors (Lipinski definition) is 5. The highest BCUT2D eigenvalue weighted by molar-refractivity contribution is 5.84. The Kier molecular flexibility index (Phi) is 7.25. The molecule has 1 aromatic carbocycles. The molecule has 1 saturated heterocycles. The fraction of sp³-hybridized carbons (Fsp3) is 0.500. The summed E-state index contributed by atoms with van der Waals surface area (Å²) in [6.07, 6.45) is 0.792. The summed E-state index contributed by atoms with van der Waals surface area (Å²) < 4.78 is 10.7. The van der Waals surface area contributed by atoms with Crippen LogP contribution in [0.5, 0.6) is 11.5 Å². The Morgan fingerprint density at radius 1 is 1.12 bits per heavy atom. The summed E-state index contributed by atoms with van der Waals surface area (Å²) in [5.74, 6) is 1.12. The Balaban J connectivity index is 1.79. The van der Waals surface area contributed by atoms with Gasteiger partial charge in [-0.1, -0.05) is 0 Å². The third-order valence-corrected chi connectivity index (χ3v) is 4.28. The molecular formula is C18H25N3O5. The lowest BCUT2D eigenvalue weighted by atomic mass is 10.3. The van der Waals surface area contributed by atoms with Crippen LogP contribution < -0.4 is 9.47 Å². The predicted molar refractivity (Wildman–Crippen MR) is 95.0 cm³/mol. The lowest BCUT2D eigenvalue weighted by Gasteiger charge is -2.33. The number of ether oxygens (including phenoxy) is 2. The number of carbonyl (C=O) groups excluding carboxylic acids is 3. The second-order valence-electron chi connectivity index (χ2n) is 5.99. The number of amides is 3. The number of benzene rings is 1. The van der Waals surface area contributed by atoms with Crippen molar-refractivity contribution < 1.29 is 23.9 Å². The van der Waals surface area contributed by atoms with Gasteiger partial charge in [0.05, 0.1) is 20.2 Å². The van der Waals surface area contributed by atoms with Gasteiger partial charge in [-0.2, -0.15) is 0 Å². The third kappa shape index (κ3) is 5.65. The maximum absolute atomic E-state index is 12.4. The van der Waals surface area contributed by atoms with Crippen LogP contribution in [0.3, 0.4) is 0 Å². The molecule has 1 fully saturated rings. The molecule has 0 aromatic heterocycles. The minimum absolute atomic E-state index is 0.0163. The standard InChI is InChI=1S/C18H25N3O5/c1-15(23)21(11-12-26-17-5-3-16(25-2)4-6-17)13-18(24)20-9-7-19(14-22)8-10-20/h3-6,14H,7-13H2,1-2H3. The van der Waals surface area contributed by atoms with Crippen LogP contribution >= 0.6 is 0 Å². The molecule has 0 atom stereocenters. The lowest BCUT2D eigenvalue weighted by molar-refractivity contribution is -0.141. The van der Waals surface area contributed by atoms with Crippen molar-refractivity contribution in [3.8, 4) is 11.5 Å². The van der Waals surface area contributed by atoms with Crippen LogP contribution in [0.1, 0.15) is 6.92 Å². The van der Waals surface area contributed by atoms with E-state index >= 15 is 0 Å². The monoisotopic (exact) mass is 363 g/mol. The largest absolute Gasteiger partial charge is 0.497 e. The molecule has 26 heavy (non-hydrogen) atoms. The van der Waals surface area contributed by atoms with Gasteiger partial charge in [0.15, 0.2) is 0 Å². The topological polar surface area (TPSA) is 79.4 Å².